The molecular weight excluding hydrogens is 266 g/mol. The summed E-state index contributed by atoms with van der Waals surface area (Å²) in [4.78, 5) is 22.5. The second-order valence-electron chi connectivity index (χ2n) is 5.98. The molecule has 114 valence electrons. The molecule has 1 fully saturated rings. The van der Waals surface area contributed by atoms with Crippen LogP contribution in [0.3, 0.4) is 0 Å². The molecule has 1 aromatic rings. The first-order valence-electron chi connectivity index (χ1n) is 7.62. The van der Waals surface area contributed by atoms with Crippen LogP contribution in [-0.4, -0.2) is 23.5 Å². The Morgan fingerprint density at radius 3 is 2.67 bits per heavy atom. The molecule has 0 heterocycles. The molecule has 0 bridgehead atoms. The average molecular weight is 289 g/mol. The van der Waals surface area contributed by atoms with Gasteiger partial charge in [0.1, 0.15) is 0 Å². The molecule has 1 aliphatic rings. The van der Waals surface area contributed by atoms with Gasteiger partial charge >= 0.3 is 5.97 Å². The third kappa shape index (κ3) is 4.88. The van der Waals surface area contributed by atoms with E-state index < -0.39 is 5.97 Å². The van der Waals surface area contributed by atoms with Crippen LogP contribution in [0.4, 0.5) is 0 Å². The van der Waals surface area contributed by atoms with E-state index in [4.69, 9.17) is 5.11 Å². The number of nitrogens with one attached hydrogen (secondary N) is 1. The third-order valence-corrected chi connectivity index (χ3v) is 4.14. The quantitative estimate of drug-likeness (QED) is 0.773. The molecule has 1 saturated carbocycles. The van der Waals surface area contributed by atoms with E-state index in [1.54, 1.807) is 0 Å². The Bertz CT molecular complexity index is 486. The lowest BCUT2D eigenvalue weighted by Gasteiger charge is -2.10. The van der Waals surface area contributed by atoms with Crippen LogP contribution in [0.5, 0.6) is 0 Å². The summed E-state index contributed by atoms with van der Waals surface area (Å²) < 4.78 is 0. The van der Waals surface area contributed by atoms with Crippen LogP contribution in [0.2, 0.25) is 0 Å². The number of hydrogen-bond donors (Lipinski definition) is 2. The van der Waals surface area contributed by atoms with Crippen molar-refractivity contribution in [2.45, 2.75) is 38.5 Å². The fourth-order valence-corrected chi connectivity index (χ4v) is 2.64. The average Bonchev–Trinajstić information content (AvgIpc) is 3.26. The van der Waals surface area contributed by atoms with Gasteiger partial charge in [0.15, 0.2) is 0 Å². The third-order valence-electron chi connectivity index (χ3n) is 4.14. The Balaban J connectivity index is 1.64. The number of benzene rings is 1. The van der Waals surface area contributed by atoms with E-state index in [1.807, 2.05) is 25.1 Å². The van der Waals surface area contributed by atoms with Crippen molar-refractivity contribution in [2.75, 3.05) is 6.54 Å². The highest BCUT2D eigenvalue weighted by atomic mass is 16.4. The lowest BCUT2D eigenvalue weighted by molar-refractivity contribution is -0.137. The summed E-state index contributed by atoms with van der Waals surface area (Å²) in [5.41, 5.74) is 1.24. The van der Waals surface area contributed by atoms with Crippen molar-refractivity contribution >= 4 is 11.9 Å². The van der Waals surface area contributed by atoms with Crippen molar-refractivity contribution < 1.29 is 14.7 Å². The maximum absolute atomic E-state index is 12.0. The summed E-state index contributed by atoms with van der Waals surface area (Å²) in [5, 5.41) is 11.6. The first kappa shape index (κ1) is 15.5. The van der Waals surface area contributed by atoms with Crippen LogP contribution in [-0.2, 0) is 9.59 Å². The van der Waals surface area contributed by atoms with Crippen molar-refractivity contribution in [3.8, 4) is 0 Å². The second kappa shape index (κ2) is 7.25. The topological polar surface area (TPSA) is 66.4 Å². The van der Waals surface area contributed by atoms with E-state index in [2.05, 4.69) is 17.4 Å². The van der Waals surface area contributed by atoms with E-state index >= 15 is 0 Å². The predicted molar refractivity (Wildman–Crippen MR) is 81.0 cm³/mol. The van der Waals surface area contributed by atoms with Crippen molar-refractivity contribution in [3.63, 3.8) is 0 Å². The Labute approximate surface area is 125 Å². The zero-order chi connectivity index (χ0) is 15.2. The highest BCUT2D eigenvalue weighted by molar-refractivity contribution is 5.82. The van der Waals surface area contributed by atoms with Gasteiger partial charge in [0.2, 0.25) is 5.91 Å². The highest BCUT2D eigenvalue weighted by Crippen LogP contribution is 2.47. The number of carbonyl (C=O) groups excluding carboxylic acids is 1. The first-order chi connectivity index (χ1) is 10.1. The van der Waals surface area contributed by atoms with Crippen LogP contribution in [0.25, 0.3) is 0 Å². The van der Waals surface area contributed by atoms with Crippen LogP contribution in [0, 0.1) is 11.8 Å². The molecule has 2 rings (SSSR count). The molecule has 1 aliphatic carbocycles. The molecular formula is C17H23NO3. The molecule has 1 aromatic carbocycles. The van der Waals surface area contributed by atoms with E-state index in [1.165, 1.54) is 5.56 Å². The SMILES string of the molecule is CC(CCNC(=O)C1CC1c1ccccc1)CCC(=O)O. The summed E-state index contributed by atoms with van der Waals surface area (Å²) >= 11 is 0. The molecule has 2 N–H and O–H groups in total. The van der Waals surface area contributed by atoms with Crippen molar-refractivity contribution in [3.05, 3.63) is 35.9 Å². The number of hydrogen-bond acceptors (Lipinski definition) is 2. The number of carbonyl (C=O) groups is 2. The van der Waals surface area contributed by atoms with Crippen LogP contribution >= 0.6 is 0 Å². The summed E-state index contributed by atoms with van der Waals surface area (Å²) in [6.45, 7) is 2.66. The summed E-state index contributed by atoms with van der Waals surface area (Å²) in [6.07, 6.45) is 2.64. The summed E-state index contributed by atoms with van der Waals surface area (Å²) in [7, 11) is 0. The molecule has 4 nitrogen and oxygen atoms in total. The Hall–Kier alpha value is -1.84. The van der Waals surface area contributed by atoms with Crippen LogP contribution in [0.15, 0.2) is 30.3 Å². The largest absolute Gasteiger partial charge is 0.481 e. The molecule has 0 saturated heterocycles. The molecule has 4 heteroatoms. The van der Waals surface area contributed by atoms with E-state index in [9.17, 15) is 9.59 Å². The van der Waals surface area contributed by atoms with Crippen molar-refractivity contribution in [1.29, 1.82) is 0 Å². The minimum atomic E-state index is -0.755. The molecule has 1 amide bonds. The minimum absolute atomic E-state index is 0.113. The fourth-order valence-electron chi connectivity index (χ4n) is 2.64. The van der Waals surface area contributed by atoms with Gasteiger partial charge < -0.3 is 10.4 Å². The van der Waals surface area contributed by atoms with Gasteiger partial charge in [-0.05, 0) is 36.7 Å². The molecule has 0 aromatic heterocycles. The predicted octanol–water partition coefficient (Wildman–Crippen LogP) is 2.80. The van der Waals surface area contributed by atoms with E-state index in [0.717, 1.165) is 12.8 Å². The first-order valence-corrected chi connectivity index (χ1v) is 7.62. The second-order valence-corrected chi connectivity index (χ2v) is 5.98. The Morgan fingerprint density at radius 1 is 1.29 bits per heavy atom. The normalized spacial score (nSPS) is 21.6. The number of carboxylic acid groups (broad SMARTS) is 1. The standard InChI is InChI=1S/C17H23NO3/c1-12(7-8-16(19)20)9-10-18-17(21)15-11-14(15)13-5-3-2-4-6-13/h2-6,12,14-15H,7-11H2,1H3,(H,18,21)(H,19,20). The maximum atomic E-state index is 12.0. The Kier molecular flexibility index (Phi) is 5.37. The van der Waals surface area contributed by atoms with E-state index in [-0.39, 0.29) is 18.2 Å². The smallest absolute Gasteiger partial charge is 0.303 e. The Morgan fingerprint density at radius 2 is 2.00 bits per heavy atom. The lowest BCUT2D eigenvalue weighted by Crippen LogP contribution is -2.27. The van der Waals surface area contributed by atoms with Gasteiger partial charge in [0.25, 0.3) is 0 Å². The zero-order valence-electron chi connectivity index (χ0n) is 12.4. The number of carboxylic acids is 1. The van der Waals surface area contributed by atoms with Gasteiger partial charge in [-0.15, -0.1) is 0 Å². The number of aliphatic carboxylic acids is 1. The van der Waals surface area contributed by atoms with Crippen LogP contribution in [0.1, 0.15) is 44.1 Å². The van der Waals surface area contributed by atoms with E-state index in [0.29, 0.717) is 24.8 Å². The monoisotopic (exact) mass is 289 g/mol. The highest BCUT2D eigenvalue weighted by Gasteiger charge is 2.43. The van der Waals surface area contributed by atoms with Gasteiger partial charge in [-0.25, -0.2) is 0 Å². The molecule has 3 atom stereocenters. The minimum Gasteiger partial charge on any atom is -0.481 e. The van der Waals surface area contributed by atoms with Crippen LogP contribution < -0.4 is 5.32 Å². The van der Waals surface area contributed by atoms with Gasteiger partial charge in [-0.3, -0.25) is 9.59 Å². The summed E-state index contributed by atoms with van der Waals surface area (Å²) in [6, 6.07) is 10.1. The summed E-state index contributed by atoms with van der Waals surface area (Å²) in [5.74, 6) is 0.187. The number of amides is 1. The van der Waals surface area contributed by atoms with Gasteiger partial charge in [-0.1, -0.05) is 37.3 Å². The van der Waals surface area contributed by atoms with Gasteiger partial charge in [-0.2, -0.15) is 0 Å². The molecule has 0 aliphatic heterocycles. The molecule has 3 unspecified atom stereocenters. The van der Waals surface area contributed by atoms with Crippen molar-refractivity contribution in [1.82, 2.24) is 5.32 Å². The number of rotatable bonds is 8. The zero-order valence-corrected chi connectivity index (χ0v) is 12.4. The molecule has 0 spiro atoms. The maximum Gasteiger partial charge on any atom is 0.303 e. The van der Waals surface area contributed by atoms with Gasteiger partial charge in [0, 0.05) is 18.9 Å². The molecule has 0 radical (unpaired) electrons. The fraction of sp³-hybridized carbons (Fsp3) is 0.529. The van der Waals surface area contributed by atoms with Gasteiger partial charge in [0.05, 0.1) is 0 Å². The van der Waals surface area contributed by atoms with Crippen molar-refractivity contribution in [2.24, 2.45) is 11.8 Å². The molecule has 21 heavy (non-hydrogen) atoms. The lowest BCUT2D eigenvalue weighted by atomic mass is 10.0.